The molecule has 4 aliphatic carbocycles. The summed E-state index contributed by atoms with van der Waals surface area (Å²) in [6.07, 6.45) is 2.34. The van der Waals surface area contributed by atoms with Crippen LogP contribution < -0.4 is 5.73 Å². The molecule has 4 aliphatic rings. The molecule has 0 aromatic carbocycles. The molecule has 0 spiro atoms. The summed E-state index contributed by atoms with van der Waals surface area (Å²) in [5, 5.41) is 10.2. The van der Waals surface area contributed by atoms with Crippen molar-refractivity contribution in [2.45, 2.75) is 35.5 Å². The van der Waals surface area contributed by atoms with Crippen LogP contribution in [0.3, 0.4) is 0 Å². The van der Waals surface area contributed by atoms with Crippen molar-refractivity contribution < 1.29 is 14.6 Å². The van der Waals surface area contributed by atoms with Crippen molar-refractivity contribution in [2.75, 3.05) is 7.11 Å². The predicted molar refractivity (Wildman–Crippen MR) is 70.9 cm³/mol. The van der Waals surface area contributed by atoms with Crippen molar-refractivity contribution >= 4 is 29.5 Å². The quantitative estimate of drug-likeness (QED) is 0.388. The Kier molecular flexibility index (Phi) is 1.70. The Morgan fingerprint density at radius 2 is 1.71 bits per heavy atom. The monoisotopic (exact) mass is 233 g/mol. The summed E-state index contributed by atoms with van der Waals surface area (Å²) in [5.41, 5.74) is 4.77. The zero-order valence-corrected chi connectivity index (χ0v) is 11.0. The maximum atomic E-state index is 11.6. The van der Waals surface area contributed by atoms with E-state index < -0.39 is 11.0 Å². The van der Waals surface area contributed by atoms with Crippen LogP contribution in [0.4, 0.5) is 0 Å². The average molecular weight is 233 g/mol. The Bertz CT molecular complexity index is 401. The number of rotatable bonds is 2. The van der Waals surface area contributed by atoms with Gasteiger partial charge in [-0.25, -0.2) is 0 Å². The Labute approximate surface area is 104 Å². The first-order valence-electron chi connectivity index (χ1n) is 6.20. The van der Waals surface area contributed by atoms with Gasteiger partial charge < -0.3 is 15.6 Å². The predicted octanol–water partition coefficient (Wildman–Crippen LogP) is -3.26. The minimum atomic E-state index is -0.831. The molecule has 0 aromatic heterocycles. The number of ether oxygens (including phenoxy) is 1. The molecular formula is C10H18B3NO3. The number of methoxy groups -OCH3 is 1. The smallest absolute Gasteiger partial charge is 0.311 e. The molecule has 4 rings (SSSR count). The summed E-state index contributed by atoms with van der Waals surface area (Å²) in [6.45, 7) is 0. The van der Waals surface area contributed by atoms with Crippen molar-refractivity contribution in [2.24, 2.45) is 16.6 Å². The first-order valence-corrected chi connectivity index (χ1v) is 6.20. The molecular weight excluding hydrogens is 215 g/mol. The molecule has 4 fully saturated rings. The Hall–Kier alpha value is -0.415. The zero-order valence-electron chi connectivity index (χ0n) is 11.0. The molecule has 0 heterocycles. The maximum Gasteiger partial charge on any atom is 0.311 e. The van der Waals surface area contributed by atoms with Gasteiger partial charge in [-0.1, -0.05) is 0 Å². The SMILES string of the molecule is BC1(B)C(B)(O)C1(N)C12CC(C(=O)OC)(C1)C2. The summed E-state index contributed by atoms with van der Waals surface area (Å²) >= 11 is 0. The van der Waals surface area contributed by atoms with Gasteiger partial charge in [0.2, 0.25) is 0 Å². The summed E-state index contributed by atoms with van der Waals surface area (Å²) in [4.78, 5) is 11.6. The van der Waals surface area contributed by atoms with Gasteiger partial charge in [0.1, 0.15) is 23.5 Å². The molecule has 3 N–H and O–H groups in total. The van der Waals surface area contributed by atoms with Crippen molar-refractivity contribution in [3.63, 3.8) is 0 Å². The van der Waals surface area contributed by atoms with Crippen molar-refractivity contribution in [3.8, 4) is 0 Å². The number of nitrogens with two attached hydrogens (primary N) is 1. The standard InChI is InChI=1S/C10H18B3NO3/c1-17-5(15)6-2-7(3-6,4-6)8(14)9(11,12)10(8,13)16/h16H,2-4,11-14H2,1H3. The molecule has 4 nitrogen and oxygen atoms in total. The van der Waals surface area contributed by atoms with E-state index in [0.717, 1.165) is 19.3 Å². The van der Waals surface area contributed by atoms with Crippen LogP contribution in [0.2, 0.25) is 5.21 Å². The molecule has 0 amide bonds. The van der Waals surface area contributed by atoms with Crippen molar-refractivity contribution in [1.29, 1.82) is 0 Å². The van der Waals surface area contributed by atoms with E-state index in [9.17, 15) is 9.90 Å². The highest BCUT2D eigenvalue weighted by molar-refractivity contribution is 6.52. The van der Waals surface area contributed by atoms with Gasteiger partial charge in [-0.3, -0.25) is 4.79 Å². The van der Waals surface area contributed by atoms with Crippen LogP contribution in [0, 0.1) is 10.8 Å². The highest BCUT2D eigenvalue weighted by Gasteiger charge is 2.91. The molecule has 7 heteroatoms. The number of carbonyl (C=O) groups is 1. The molecule has 2 atom stereocenters. The van der Waals surface area contributed by atoms with Gasteiger partial charge in [0.05, 0.1) is 12.5 Å². The average Bonchev–Trinajstić information content (AvgIpc) is 2.40. The molecule has 0 radical (unpaired) electrons. The van der Waals surface area contributed by atoms with Crippen LogP contribution in [0.5, 0.6) is 0 Å². The molecule has 4 saturated carbocycles. The van der Waals surface area contributed by atoms with E-state index >= 15 is 0 Å². The Balaban J connectivity index is 1.83. The minimum absolute atomic E-state index is 0.0474. The Morgan fingerprint density at radius 1 is 1.29 bits per heavy atom. The highest BCUT2D eigenvalue weighted by atomic mass is 16.5. The van der Waals surface area contributed by atoms with E-state index in [1.807, 2.05) is 23.5 Å². The number of hydrogen-bond acceptors (Lipinski definition) is 4. The molecule has 2 bridgehead atoms. The van der Waals surface area contributed by atoms with Crippen LogP contribution in [-0.2, 0) is 9.53 Å². The van der Waals surface area contributed by atoms with E-state index in [1.165, 1.54) is 7.11 Å². The molecule has 90 valence electrons. The van der Waals surface area contributed by atoms with E-state index in [1.54, 1.807) is 0 Å². The van der Waals surface area contributed by atoms with Crippen LogP contribution >= 0.6 is 0 Å². The van der Waals surface area contributed by atoms with Crippen LogP contribution in [0.25, 0.3) is 0 Å². The fourth-order valence-corrected chi connectivity index (χ4v) is 4.93. The topological polar surface area (TPSA) is 72.5 Å². The largest absolute Gasteiger partial charge is 0.469 e. The molecule has 0 saturated heterocycles. The van der Waals surface area contributed by atoms with Gasteiger partial charge in [0.15, 0.2) is 0 Å². The second-order valence-corrected chi connectivity index (χ2v) is 7.09. The second kappa shape index (κ2) is 2.48. The third-order valence-corrected chi connectivity index (χ3v) is 6.39. The number of esters is 1. The van der Waals surface area contributed by atoms with Crippen LogP contribution in [-0.4, -0.2) is 52.8 Å². The normalized spacial score (nSPS) is 57.6. The second-order valence-electron chi connectivity index (χ2n) is 7.09. The van der Waals surface area contributed by atoms with E-state index in [2.05, 4.69) is 0 Å². The fraction of sp³-hybridized carbons (Fsp3) is 0.900. The third kappa shape index (κ3) is 0.810. The lowest BCUT2D eigenvalue weighted by Crippen LogP contribution is -2.75. The van der Waals surface area contributed by atoms with Crippen molar-refractivity contribution in [3.05, 3.63) is 0 Å². The summed E-state index contributed by atoms with van der Waals surface area (Å²) < 4.78 is 4.83. The van der Waals surface area contributed by atoms with Crippen LogP contribution in [0.15, 0.2) is 0 Å². The zero-order chi connectivity index (χ0) is 12.9. The lowest BCUT2D eigenvalue weighted by atomic mass is 9.30. The lowest BCUT2D eigenvalue weighted by Gasteiger charge is -2.72. The first-order chi connectivity index (χ1) is 7.60. The number of hydrogen-bond donors (Lipinski definition) is 2. The van der Waals surface area contributed by atoms with E-state index in [4.69, 9.17) is 10.5 Å². The number of aliphatic hydroxyl groups is 1. The number of carbonyl (C=O) groups excluding carboxylic acids is 1. The summed E-state index contributed by atoms with van der Waals surface area (Å²) in [5.74, 6) is -0.110. The van der Waals surface area contributed by atoms with Gasteiger partial charge in [-0.15, -0.1) is 0 Å². The van der Waals surface area contributed by atoms with Gasteiger partial charge >= 0.3 is 5.97 Å². The van der Waals surface area contributed by atoms with E-state index in [0.29, 0.717) is 0 Å². The van der Waals surface area contributed by atoms with Gasteiger partial charge in [-0.2, -0.15) is 0 Å². The molecule has 0 aromatic rings. The van der Waals surface area contributed by atoms with Gasteiger partial charge in [0.25, 0.3) is 0 Å². The summed E-state index contributed by atoms with van der Waals surface area (Å²) in [6, 6.07) is 0. The molecule has 2 unspecified atom stereocenters. The van der Waals surface area contributed by atoms with Crippen molar-refractivity contribution in [1.82, 2.24) is 0 Å². The first kappa shape index (κ1) is 11.7. The van der Waals surface area contributed by atoms with Gasteiger partial charge in [0, 0.05) is 11.0 Å². The fourth-order valence-electron chi connectivity index (χ4n) is 4.93. The van der Waals surface area contributed by atoms with Gasteiger partial charge in [-0.05, 0) is 29.9 Å². The van der Waals surface area contributed by atoms with Crippen LogP contribution in [0.1, 0.15) is 19.3 Å². The maximum absolute atomic E-state index is 11.6. The summed E-state index contributed by atoms with van der Waals surface area (Å²) in [7, 11) is 7.28. The highest BCUT2D eigenvalue weighted by Crippen LogP contribution is 2.87. The third-order valence-electron chi connectivity index (χ3n) is 6.39. The van der Waals surface area contributed by atoms with E-state index in [-0.39, 0.29) is 22.0 Å². The Morgan fingerprint density at radius 3 is 2.00 bits per heavy atom. The molecule has 17 heavy (non-hydrogen) atoms. The lowest BCUT2D eigenvalue weighted by molar-refractivity contribution is -0.241. The minimum Gasteiger partial charge on any atom is -0.469 e. The molecule has 0 aliphatic heterocycles.